The Morgan fingerprint density at radius 3 is 2.59 bits per heavy atom. The fourth-order valence-corrected chi connectivity index (χ4v) is 3.80. The van der Waals surface area contributed by atoms with E-state index in [1.807, 2.05) is 38.1 Å². The fraction of sp³-hybridized carbons (Fsp3) is 0.435. The van der Waals surface area contributed by atoms with Crippen molar-refractivity contribution in [1.82, 2.24) is 15.2 Å². The molecule has 0 radical (unpaired) electrons. The first-order valence-corrected chi connectivity index (χ1v) is 10.1. The van der Waals surface area contributed by atoms with Crippen LogP contribution < -0.4 is 5.32 Å². The van der Waals surface area contributed by atoms with E-state index in [1.165, 1.54) is 0 Å². The maximum Gasteiger partial charge on any atom is 0.228 e. The number of carbonyl (C=O) groups is 1. The first kappa shape index (κ1) is 21.0. The van der Waals surface area contributed by atoms with Gasteiger partial charge in [-0.15, -0.1) is 0 Å². The van der Waals surface area contributed by atoms with Crippen molar-refractivity contribution < 1.29 is 9.21 Å². The fourth-order valence-electron chi connectivity index (χ4n) is 3.80. The summed E-state index contributed by atoms with van der Waals surface area (Å²) in [4.78, 5) is 23.2. The number of hydrogen-bond donors (Lipinski definition) is 1. The molecule has 0 atom stereocenters. The Morgan fingerprint density at radius 1 is 1.28 bits per heavy atom. The van der Waals surface area contributed by atoms with Gasteiger partial charge in [0.25, 0.3) is 0 Å². The largest absolute Gasteiger partial charge is 0.441 e. The molecular formula is C23H30N4O2. The summed E-state index contributed by atoms with van der Waals surface area (Å²) < 4.78 is 5.62. The normalized spacial score (nSPS) is 20.0. The van der Waals surface area contributed by atoms with E-state index in [1.54, 1.807) is 6.20 Å². The van der Waals surface area contributed by atoms with Crippen LogP contribution in [0.15, 0.2) is 39.6 Å². The smallest absolute Gasteiger partial charge is 0.228 e. The van der Waals surface area contributed by atoms with Crippen LogP contribution in [0.1, 0.15) is 42.7 Å². The van der Waals surface area contributed by atoms with Crippen LogP contribution in [0.2, 0.25) is 0 Å². The molecule has 3 rings (SSSR count). The lowest BCUT2D eigenvalue weighted by molar-refractivity contribution is -0.125. The zero-order chi connectivity index (χ0) is 21.0. The predicted octanol–water partition coefficient (Wildman–Crippen LogP) is 4.19. The lowest BCUT2D eigenvalue weighted by Crippen LogP contribution is -2.37. The Hall–Kier alpha value is -2.73. The van der Waals surface area contributed by atoms with E-state index in [4.69, 9.17) is 4.42 Å². The lowest BCUT2D eigenvalue weighted by Gasteiger charge is -2.31. The molecule has 154 valence electrons. The van der Waals surface area contributed by atoms with E-state index in [0.29, 0.717) is 23.5 Å². The highest BCUT2D eigenvalue weighted by atomic mass is 16.4. The van der Waals surface area contributed by atoms with E-state index >= 15 is 0 Å². The lowest BCUT2D eigenvalue weighted by atomic mass is 9.85. The van der Waals surface area contributed by atoms with Crippen molar-refractivity contribution in [3.63, 3.8) is 0 Å². The average Bonchev–Trinajstić information content (AvgIpc) is 3.15. The van der Waals surface area contributed by atoms with Crippen molar-refractivity contribution in [1.29, 1.82) is 0 Å². The number of nitrogens with zero attached hydrogens (tertiary/aromatic N) is 3. The van der Waals surface area contributed by atoms with Crippen LogP contribution in [-0.2, 0) is 4.79 Å². The first-order valence-electron chi connectivity index (χ1n) is 10.1. The summed E-state index contributed by atoms with van der Waals surface area (Å²) in [6.07, 6.45) is 7.47. The van der Waals surface area contributed by atoms with Gasteiger partial charge in [-0.25, -0.2) is 9.98 Å². The molecule has 1 N–H and O–H groups in total. The molecule has 1 heterocycles. The SMILES string of the molecule is C=N/C(=C\c1cc(-c2cnc(C)o2)ccc1C)NC(=O)[C@H]1CC[C@H](N(C)C)CC1. The van der Waals surface area contributed by atoms with Gasteiger partial charge in [-0.05, 0) is 76.7 Å². The molecule has 1 fully saturated rings. The number of amides is 1. The van der Waals surface area contributed by atoms with Gasteiger partial charge in [0.1, 0.15) is 5.82 Å². The first-order chi connectivity index (χ1) is 13.9. The van der Waals surface area contributed by atoms with E-state index in [2.05, 4.69) is 41.0 Å². The van der Waals surface area contributed by atoms with Crippen molar-refractivity contribution in [3.05, 3.63) is 47.2 Å². The van der Waals surface area contributed by atoms with Gasteiger partial charge in [0.15, 0.2) is 11.7 Å². The zero-order valence-electron chi connectivity index (χ0n) is 17.7. The number of aromatic nitrogens is 1. The Morgan fingerprint density at radius 2 is 2.00 bits per heavy atom. The topological polar surface area (TPSA) is 70.7 Å². The Labute approximate surface area is 172 Å². The molecule has 1 aromatic carbocycles. The predicted molar refractivity (Wildman–Crippen MR) is 117 cm³/mol. The second kappa shape index (κ2) is 9.18. The summed E-state index contributed by atoms with van der Waals surface area (Å²) in [7, 11) is 4.20. The molecule has 1 amide bonds. The van der Waals surface area contributed by atoms with Crippen LogP contribution in [-0.4, -0.2) is 42.6 Å². The molecular weight excluding hydrogens is 364 g/mol. The van der Waals surface area contributed by atoms with Gasteiger partial charge in [0.05, 0.1) is 6.20 Å². The van der Waals surface area contributed by atoms with Gasteiger partial charge in [0.2, 0.25) is 5.91 Å². The van der Waals surface area contributed by atoms with Crippen molar-refractivity contribution in [2.45, 2.75) is 45.6 Å². The Bertz CT molecular complexity index is 905. The molecule has 6 heteroatoms. The Balaban J connectivity index is 1.73. The number of nitrogens with one attached hydrogen (secondary N) is 1. The summed E-state index contributed by atoms with van der Waals surface area (Å²) >= 11 is 0. The van der Waals surface area contributed by atoms with E-state index in [9.17, 15) is 4.79 Å². The highest BCUT2D eigenvalue weighted by molar-refractivity contribution is 5.82. The summed E-state index contributed by atoms with van der Waals surface area (Å²) in [6.45, 7) is 7.48. The maximum atomic E-state index is 12.7. The minimum atomic E-state index is 0.0283. The second-order valence-electron chi connectivity index (χ2n) is 7.96. The van der Waals surface area contributed by atoms with E-state index in [-0.39, 0.29) is 11.8 Å². The van der Waals surface area contributed by atoms with Gasteiger partial charge < -0.3 is 14.6 Å². The molecule has 1 aliphatic rings. The Kier molecular flexibility index (Phi) is 6.64. The molecule has 1 aromatic heterocycles. The molecule has 6 nitrogen and oxygen atoms in total. The molecule has 0 aliphatic heterocycles. The van der Waals surface area contributed by atoms with Crippen LogP contribution in [0, 0.1) is 19.8 Å². The summed E-state index contributed by atoms with van der Waals surface area (Å²) in [5.74, 6) is 1.87. The minimum Gasteiger partial charge on any atom is -0.441 e. The standard InChI is InChI=1S/C23H30N4O2/c1-15-6-7-18(21-14-25-16(2)29-21)12-19(15)13-22(24-3)26-23(28)17-8-10-20(11-9-17)27(4)5/h6-7,12-14,17,20H,3,8-11H2,1-2,4-5H3,(H,26,28)/b22-13+/t17-,20-. The van der Waals surface area contributed by atoms with E-state index < -0.39 is 0 Å². The molecule has 0 bridgehead atoms. The summed E-state index contributed by atoms with van der Waals surface area (Å²) in [5.41, 5.74) is 2.96. The zero-order valence-corrected chi connectivity index (χ0v) is 17.7. The number of aliphatic imine (C=N–C) groups is 1. The molecule has 1 aliphatic carbocycles. The number of hydrogen-bond acceptors (Lipinski definition) is 5. The molecule has 2 aromatic rings. The van der Waals surface area contributed by atoms with Gasteiger partial charge in [0, 0.05) is 24.4 Å². The van der Waals surface area contributed by atoms with Crippen LogP contribution in [0.25, 0.3) is 17.4 Å². The molecule has 0 unspecified atom stereocenters. The third-order valence-corrected chi connectivity index (χ3v) is 5.70. The molecule has 29 heavy (non-hydrogen) atoms. The number of benzene rings is 1. The summed E-state index contributed by atoms with van der Waals surface area (Å²) in [6, 6.07) is 6.59. The van der Waals surface area contributed by atoms with Crippen LogP contribution in [0.4, 0.5) is 0 Å². The minimum absolute atomic E-state index is 0.0283. The van der Waals surface area contributed by atoms with Crippen molar-refractivity contribution in [2.24, 2.45) is 10.9 Å². The maximum absolute atomic E-state index is 12.7. The van der Waals surface area contributed by atoms with Crippen LogP contribution in [0.5, 0.6) is 0 Å². The van der Waals surface area contributed by atoms with Gasteiger partial charge in [-0.2, -0.15) is 0 Å². The average molecular weight is 395 g/mol. The van der Waals surface area contributed by atoms with Crippen molar-refractivity contribution in [3.8, 4) is 11.3 Å². The molecule has 0 saturated heterocycles. The quantitative estimate of drug-likeness (QED) is 0.746. The number of rotatable bonds is 6. The van der Waals surface area contributed by atoms with Crippen molar-refractivity contribution in [2.75, 3.05) is 14.1 Å². The summed E-state index contributed by atoms with van der Waals surface area (Å²) in [5, 5.41) is 2.96. The molecule has 1 saturated carbocycles. The van der Waals surface area contributed by atoms with E-state index in [0.717, 1.165) is 42.4 Å². The van der Waals surface area contributed by atoms with Crippen molar-refractivity contribution >= 4 is 18.7 Å². The van der Waals surface area contributed by atoms with Gasteiger partial charge in [-0.3, -0.25) is 4.79 Å². The third-order valence-electron chi connectivity index (χ3n) is 5.70. The highest BCUT2D eigenvalue weighted by Gasteiger charge is 2.27. The number of carbonyl (C=O) groups excluding carboxylic acids is 1. The third kappa shape index (κ3) is 5.21. The van der Waals surface area contributed by atoms with Crippen LogP contribution >= 0.6 is 0 Å². The monoisotopic (exact) mass is 394 g/mol. The number of oxazole rings is 1. The van der Waals surface area contributed by atoms with Crippen LogP contribution in [0.3, 0.4) is 0 Å². The van der Waals surface area contributed by atoms with Gasteiger partial charge in [-0.1, -0.05) is 12.1 Å². The highest BCUT2D eigenvalue weighted by Crippen LogP contribution is 2.27. The number of aryl methyl sites for hydroxylation is 2. The molecule has 0 spiro atoms. The second-order valence-corrected chi connectivity index (χ2v) is 7.96. The van der Waals surface area contributed by atoms with Gasteiger partial charge >= 0.3 is 0 Å².